The van der Waals surface area contributed by atoms with Gasteiger partial charge in [-0.3, -0.25) is 9.59 Å². The Balaban J connectivity index is 1.91. The molecule has 1 heterocycles. The molecule has 1 aliphatic rings. The minimum absolute atomic E-state index is 0.0227. The first-order chi connectivity index (χ1) is 9.58. The SMILES string of the molecule is O=C(NCC1CCCCC1C(=O)O)c1ccc(Cl)nn1. The number of nitrogens with one attached hydrogen (secondary N) is 1. The summed E-state index contributed by atoms with van der Waals surface area (Å²) in [6, 6.07) is 2.98. The number of aromatic nitrogens is 2. The lowest BCUT2D eigenvalue weighted by molar-refractivity contribution is -0.144. The molecule has 0 bridgehead atoms. The largest absolute Gasteiger partial charge is 0.481 e. The summed E-state index contributed by atoms with van der Waals surface area (Å²) < 4.78 is 0. The van der Waals surface area contributed by atoms with Crippen molar-refractivity contribution >= 4 is 23.5 Å². The van der Waals surface area contributed by atoms with Gasteiger partial charge in [-0.2, -0.15) is 0 Å². The lowest BCUT2D eigenvalue weighted by Crippen LogP contribution is -2.37. The molecule has 1 fully saturated rings. The van der Waals surface area contributed by atoms with E-state index in [-0.39, 0.29) is 28.6 Å². The van der Waals surface area contributed by atoms with Crippen LogP contribution in [-0.2, 0) is 4.79 Å². The second-order valence-corrected chi connectivity index (χ2v) is 5.33. The highest BCUT2D eigenvalue weighted by Crippen LogP contribution is 2.29. The number of hydrogen-bond donors (Lipinski definition) is 2. The quantitative estimate of drug-likeness (QED) is 0.883. The molecule has 20 heavy (non-hydrogen) atoms. The Labute approximate surface area is 121 Å². The topological polar surface area (TPSA) is 92.2 Å². The molecule has 0 aliphatic heterocycles. The highest BCUT2D eigenvalue weighted by atomic mass is 35.5. The molecule has 108 valence electrons. The van der Waals surface area contributed by atoms with Gasteiger partial charge >= 0.3 is 5.97 Å². The van der Waals surface area contributed by atoms with Crippen molar-refractivity contribution in [2.45, 2.75) is 25.7 Å². The number of carbonyl (C=O) groups is 2. The van der Waals surface area contributed by atoms with Gasteiger partial charge < -0.3 is 10.4 Å². The van der Waals surface area contributed by atoms with Crippen LogP contribution in [0.25, 0.3) is 0 Å². The molecule has 1 aromatic heterocycles. The van der Waals surface area contributed by atoms with Gasteiger partial charge in [-0.1, -0.05) is 24.4 Å². The smallest absolute Gasteiger partial charge is 0.306 e. The normalized spacial score (nSPS) is 22.2. The van der Waals surface area contributed by atoms with Gasteiger partial charge in [0.25, 0.3) is 5.91 Å². The van der Waals surface area contributed by atoms with E-state index in [0.29, 0.717) is 13.0 Å². The third kappa shape index (κ3) is 3.66. The van der Waals surface area contributed by atoms with Crippen LogP contribution in [-0.4, -0.2) is 33.7 Å². The Bertz CT molecular complexity index is 492. The van der Waals surface area contributed by atoms with Gasteiger partial charge in [-0.15, -0.1) is 10.2 Å². The van der Waals surface area contributed by atoms with Gasteiger partial charge in [0.05, 0.1) is 5.92 Å². The molecule has 0 saturated heterocycles. The van der Waals surface area contributed by atoms with Crippen molar-refractivity contribution < 1.29 is 14.7 Å². The van der Waals surface area contributed by atoms with E-state index in [1.54, 1.807) is 0 Å². The van der Waals surface area contributed by atoms with Crippen LogP contribution in [0.4, 0.5) is 0 Å². The third-order valence-corrected chi connectivity index (χ3v) is 3.82. The van der Waals surface area contributed by atoms with Crippen molar-refractivity contribution in [2.24, 2.45) is 11.8 Å². The molecule has 1 aromatic rings. The van der Waals surface area contributed by atoms with Crippen LogP contribution < -0.4 is 5.32 Å². The first-order valence-corrected chi connectivity index (χ1v) is 6.96. The highest BCUT2D eigenvalue weighted by Gasteiger charge is 2.30. The summed E-state index contributed by atoms with van der Waals surface area (Å²) >= 11 is 5.60. The Kier molecular flexibility index (Phi) is 4.89. The van der Waals surface area contributed by atoms with Crippen LogP contribution in [0.3, 0.4) is 0 Å². The molecule has 0 radical (unpaired) electrons. The zero-order chi connectivity index (χ0) is 14.5. The van der Waals surface area contributed by atoms with Gasteiger partial charge in [0.2, 0.25) is 0 Å². The Hall–Kier alpha value is -1.69. The fourth-order valence-corrected chi connectivity index (χ4v) is 2.63. The van der Waals surface area contributed by atoms with E-state index < -0.39 is 5.97 Å². The van der Waals surface area contributed by atoms with E-state index >= 15 is 0 Å². The van der Waals surface area contributed by atoms with Crippen molar-refractivity contribution in [1.82, 2.24) is 15.5 Å². The number of hydrogen-bond acceptors (Lipinski definition) is 4. The number of carboxylic acid groups (broad SMARTS) is 1. The number of carbonyl (C=O) groups excluding carboxylic acids is 1. The van der Waals surface area contributed by atoms with Crippen molar-refractivity contribution in [1.29, 1.82) is 0 Å². The zero-order valence-electron chi connectivity index (χ0n) is 10.9. The minimum Gasteiger partial charge on any atom is -0.481 e. The Morgan fingerprint density at radius 2 is 2.05 bits per heavy atom. The molecule has 0 spiro atoms. The summed E-state index contributed by atoms with van der Waals surface area (Å²) in [7, 11) is 0. The minimum atomic E-state index is -0.782. The van der Waals surface area contributed by atoms with Crippen molar-refractivity contribution in [3.63, 3.8) is 0 Å². The zero-order valence-corrected chi connectivity index (χ0v) is 11.6. The van der Waals surface area contributed by atoms with Crippen LogP contribution in [0.2, 0.25) is 5.15 Å². The fourth-order valence-electron chi connectivity index (χ4n) is 2.53. The summed E-state index contributed by atoms with van der Waals surface area (Å²) in [6.07, 6.45) is 3.44. The molecular weight excluding hydrogens is 282 g/mol. The molecule has 1 amide bonds. The van der Waals surface area contributed by atoms with E-state index in [4.69, 9.17) is 11.6 Å². The van der Waals surface area contributed by atoms with Crippen molar-refractivity contribution in [2.75, 3.05) is 6.54 Å². The van der Waals surface area contributed by atoms with Crippen molar-refractivity contribution in [3.8, 4) is 0 Å². The summed E-state index contributed by atoms with van der Waals surface area (Å²) in [5.74, 6) is -1.54. The molecule has 2 N–H and O–H groups in total. The van der Waals surface area contributed by atoms with Crippen LogP contribution in [0.1, 0.15) is 36.2 Å². The highest BCUT2D eigenvalue weighted by molar-refractivity contribution is 6.29. The van der Waals surface area contributed by atoms with Gasteiger partial charge in [-0.05, 0) is 30.9 Å². The predicted octanol–water partition coefficient (Wildman–Crippen LogP) is 1.75. The van der Waals surface area contributed by atoms with Gasteiger partial charge in [0, 0.05) is 6.54 Å². The first-order valence-electron chi connectivity index (χ1n) is 6.58. The second kappa shape index (κ2) is 6.65. The summed E-state index contributed by atoms with van der Waals surface area (Å²) in [5.41, 5.74) is 0.178. The average molecular weight is 298 g/mol. The Morgan fingerprint density at radius 1 is 1.30 bits per heavy atom. The van der Waals surface area contributed by atoms with E-state index in [0.717, 1.165) is 19.3 Å². The second-order valence-electron chi connectivity index (χ2n) is 4.94. The molecule has 1 aliphatic carbocycles. The summed E-state index contributed by atoms with van der Waals surface area (Å²) in [6.45, 7) is 0.347. The maximum absolute atomic E-state index is 11.9. The van der Waals surface area contributed by atoms with Crippen LogP contribution >= 0.6 is 11.6 Å². The number of halogens is 1. The van der Waals surface area contributed by atoms with Crippen molar-refractivity contribution in [3.05, 3.63) is 23.0 Å². The predicted molar refractivity (Wildman–Crippen MR) is 72.5 cm³/mol. The number of carboxylic acids is 1. The molecular formula is C13H16ClN3O3. The molecule has 2 atom stereocenters. The Morgan fingerprint density at radius 3 is 2.70 bits per heavy atom. The first kappa shape index (κ1) is 14.7. The third-order valence-electron chi connectivity index (χ3n) is 3.62. The monoisotopic (exact) mass is 297 g/mol. The molecule has 7 heteroatoms. The maximum Gasteiger partial charge on any atom is 0.306 e. The molecule has 2 unspecified atom stereocenters. The number of nitrogens with zero attached hydrogens (tertiary/aromatic N) is 2. The molecule has 2 rings (SSSR count). The number of rotatable bonds is 4. The number of amides is 1. The van der Waals surface area contributed by atoms with E-state index in [2.05, 4.69) is 15.5 Å². The van der Waals surface area contributed by atoms with Crippen LogP contribution in [0.15, 0.2) is 12.1 Å². The lowest BCUT2D eigenvalue weighted by Gasteiger charge is -2.28. The van der Waals surface area contributed by atoms with Gasteiger partial charge in [0.1, 0.15) is 0 Å². The molecule has 0 aromatic carbocycles. The maximum atomic E-state index is 11.9. The summed E-state index contributed by atoms with van der Waals surface area (Å²) in [5, 5.41) is 19.4. The van der Waals surface area contributed by atoms with Crippen LogP contribution in [0.5, 0.6) is 0 Å². The van der Waals surface area contributed by atoms with E-state index in [1.165, 1.54) is 12.1 Å². The average Bonchev–Trinajstić information content (AvgIpc) is 2.45. The molecule has 1 saturated carbocycles. The van der Waals surface area contributed by atoms with E-state index in [9.17, 15) is 14.7 Å². The molecule has 6 nitrogen and oxygen atoms in total. The van der Waals surface area contributed by atoms with Gasteiger partial charge in [-0.25, -0.2) is 0 Å². The summed E-state index contributed by atoms with van der Waals surface area (Å²) in [4.78, 5) is 23.0. The standard InChI is InChI=1S/C13H16ClN3O3/c14-11-6-5-10(16-17-11)12(18)15-7-8-3-1-2-4-9(8)13(19)20/h5-6,8-9H,1-4,7H2,(H,15,18)(H,19,20). The lowest BCUT2D eigenvalue weighted by atomic mass is 9.79. The number of aliphatic carboxylic acids is 1. The van der Waals surface area contributed by atoms with E-state index in [1.807, 2.05) is 0 Å². The fraction of sp³-hybridized carbons (Fsp3) is 0.538. The van der Waals surface area contributed by atoms with Gasteiger partial charge in [0.15, 0.2) is 10.8 Å². The van der Waals surface area contributed by atoms with Crippen LogP contribution in [0, 0.1) is 11.8 Å².